The van der Waals surface area contributed by atoms with Gasteiger partial charge in [-0.25, -0.2) is 0 Å². The average molecular weight is 390 g/mol. The predicted octanol–water partition coefficient (Wildman–Crippen LogP) is 0.467. The molecule has 0 radical (unpaired) electrons. The van der Waals surface area contributed by atoms with Crippen molar-refractivity contribution in [1.29, 1.82) is 0 Å². The van der Waals surface area contributed by atoms with Crippen molar-refractivity contribution in [3.63, 3.8) is 0 Å². The van der Waals surface area contributed by atoms with E-state index < -0.39 is 5.91 Å². The highest BCUT2D eigenvalue weighted by atomic mass is 16.5. The van der Waals surface area contributed by atoms with E-state index in [-0.39, 0.29) is 11.7 Å². The molecule has 3 fully saturated rings. The number of nitrogens with two attached hydrogens (primary N) is 1. The number of piperidine rings is 2. The van der Waals surface area contributed by atoms with E-state index in [4.69, 9.17) is 10.3 Å². The summed E-state index contributed by atoms with van der Waals surface area (Å²) in [7, 11) is 0. The van der Waals surface area contributed by atoms with Crippen LogP contribution in [-0.4, -0.2) is 82.0 Å². The summed E-state index contributed by atoms with van der Waals surface area (Å²) in [5, 5.41) is 3.60. The standard InChI is InChI=1S/C19H30N6O3/c20-17(26)18-21-16(28-22-18)13-23-10-5-15(6-11-23)25-9-3-4-14(12-25)19(27)24-7-1-2-8-24/h14-15H,1-13H2,(H2,20,26)/t14-/m1/s1. The minimum absolute atomic E-state index is 0.0630. The summed E-state index contributed by atoms with van der Waals surface area (Å²) in [6, 6.07) is 0.536. The minimum atomic E-state index is -0.670. The van der Waals surface area contributed by atoms with Crippen molar-refractivity contribution < 1.29 is 14.1 Å². The smallest absolute Gasteiger partial charge is 0.290 e. The van der Waals surface area contributed by atoms with Crippen LogP contribution < -0.4 is 5.73 Å². The lowest BCUT2D eigenvalue weighted by Gasteiger charge is -2.42. The van der Waals surface area contributed by atoms with Gasteiger partial charge in [-0.1, -0.05) is 5.16 Å². The highest BCUT2D eigenvalue weighted by molar-refractivity contribution is 5.88. The van der Waals surface area contributed by atoms with E-state index >= 15 is 0 Å². The first-order chi connectivity index (χ1) is 13.6. The normalized spacial score (nSPS) is 25.3. The molecule has 0 bridgehead atoms. The summed E-state index contributed by atoms with van der Waals surface area (Å²) in [5.74, 6) is 0.252. The quantitative estimate of drug-likeness (QED) is 0.778. The van der Waals surface area contributed by atoms with Crippen LogP contribution in [0.3, 0.4) is 0 Å². The number of carbonyl (C=O) groups is 2. The lowest BCUT2D eigenvalue weighted by Crippen LogP contribution is -2.51. The molecular weight excluding hydrogens is 360 g/mol. The molecule has 1 atom stereocenters. The van der Waals surface area contributed by atoms with Crippen LogP contribution in [0.1, 0.15) is 55.0 Å². The third-order valence-corrected chi connectivity index (χ3v) is 6.34. The van der Waals surface area contributed by atoms with Gasteiger partial charge in [0.15, 0.2) is 0 Å². The molecule has 154 valence electrons. The van der Waals surface area contributed by atoms with Gasteiger partial charge in [0.2, 0.25) is 11.8 Å². The van der Waals surface area contributed by atoms with E-state index in [2.05, 4.69) is 24.8 Å². The maximum Gasteiger partial charge on any atom is 0.290 e. The van der Waals surface area contributed by atoms with Crippen LogP contribution in [0, 0.1) is 5.92 Å². The third-order valence-electron chi connectivity index (χ3n) is 6.34. The van der Waals surface area contributed by atoms with Gasteiger partial charge < -0.3 is 15.2 Å². The summed E-state index contributed by atoms with van der Waals surface area (Å²) < 4.78 is 5.10. The van der Waals surface area contributed by atoms with Crippen LogP contribution in [0.15, 0.2) is 4.52 Å². The highest BCUT2D eigenvalue weighted by Crippen LogP contribution is 2.26. The van der Waals surface area contributed by atoms with E-state index in [9.17, 15) is 9.59 Å². The SMILES string of the molecule is NC(=O)c1noc(CN2CCC(N3CCC[C@@H](C(=O)N4CCCC4)C3)CC2)n1. The number of carbonyl (C=O) groups excluding carboxylic acids is 2. The van der Waals surface area contributed by atoms with E-state index in [1.54, 1.807) is 0 Å². The summed E-state index contributed by atoms with van der Waals surface area (Å²) in [5.41, 5.74) is 5.16. The third kappa shape index (κ3) is 4.35. The first-order valence-corrected chi connectivity index (χ1v) is 10.5. The Hall–Kier alpha value is -2.00. The molecule has 0 aromatic carbocycles. The second kappa shape index (κ2) is 8.57. The Morgan fingerprint density at radius 2 is 1.79 bits per heavy atom. The second-order valence-electron chi connectivity index (χ2n) is 8.25. The van der Waals surface area contributed by atoms with Crippen molar-refractivity contribution in [3.8, 4) is 0 Å². The molecule has 1 aromatic heterocycles. The van der Waals surface area contributed by atoms with Crippen LogP contribution >= 0.6 is 0 Å². The number of hydrogen-bond donors (Lipinski definition) is 1. The number of hydrogen-bond acceptors (Lipinski definition) is 7. The Balaban J connectivity index is 1.26. The van der Waals surface area contributed by atoms with Crippen molar-refractivity contribution in [2.75, 3.05) is 39.3 Å². The average Bonchev–Trinajstić information content (AvgIpc) is 3.40. The maximum absolute atomic E-state index is 12.8. The lowest BCUT2D eigenvalue weighted by molar-refractivity contribution is -0.136. The second-order valence-corrected chi connectivity index (χ2v) is 8.25. The van der Waals surface area contributed by atoms with Crippen LogP contribution in [0.4, 0.5) is 0 Å². The van der Waals surface area contributed by atoms with Gasteiger partial charge in [-0.3, -0.25) is 19.4 Å². The first kappa shape index (κ1) is 19.3. The molecule has 0 spiro atoms. The molecule has 0 saturated carbocycles. The fraction of sp³-hybridized carbons (Fsp3) is 0.789. The van der Waals surface area contributed by atoms with Crippen molar-refractivity contribution in [2.24, 2.45) is 11.7 Å². The Morgan fingerprint density at radius 1 is 1.04 bits per heavy atom. The van der Waals surface area contributed by atoms with Crippen molar-refractivity contribution >= 4 is 11.8 Å². The number of rotatable bonds is 5. The van der Waals surface area contributed by atoms with Gasteiger partial charge in [-0.2, -0.15) is 4.98 Å². The van der Waals surface area contributed by atoms with Crippen molar-refractivity contribution in [2.45, 2.75) is 51.1 Å². The van der Waals surface area contributed by atoms with Crippen LogP contribution in [0.25, 0.3) is 0 Å². The zero-order valence-corrected chi connectivity index (χ0v) is 16.4. The molecule has 0 unspecified atom stereocenters. The Labute approximate surface area is 165 Å². The summed E-state index contributed by atoms with van der Waals surface area (Å²) in [4.78, 5) is 34.8. The van der Waals surface area contributed by atoms with E-state index in [1.165, 1.54) is 0 Å². The molecule has 3 aliphatic heterocycles. The molecule has 2 N–H and O–H groups in total. The van der Waals surface area contributed by atoms with E-state index in [0.29, 0.717) is 24.4 Å². The minimum Gasteiger partial charge on any atom is -0.363 e. The molecule has 4 rings (SSSR count). The Bertz CT molecular complexity index is 694. The van der Waals surface area contributed by atoms with Crippen molar-refractivity contribution in [3.05, 3.63) is 11.7 Å². The van der Waals surface area contributed by atoms with Gasteiger partial charge in [0.25, 0.3) is 11.7 Å². The summed E-state index contributed by atoms with van der Waals surface area (Å²) in [6.07, 6.45) is 6.60. The molecule has 0 aliphatic carbocycles. The molecule has 4 heterocycles. The molecule has 3 saturated heterocycles. The van der Waals surface area contributed by atoms with Gasteiger partial charge in [0.05, 0.1) is 12.5 Å². The molecule has 28 heavy (non-hydrogen) atoms. The Morgan fingerprint density at radius 3 is 2.46 bits per heavy atom. The first-order valence-electron chi connectivity index (χ1n) is 10.5. The topological polar surface area (TPSA) is 109 Å². The molecular formula is C19H30N6O3. The number of aromatic nitrogens is 2. The molecule has 1 aromatic rings. The van der Waals surface area contributed by atoms with Gasteiger partial charge >= 0.3 is 0 Å². The fourth-order valence-electron chi connectivity index (χ4n) is 4.79. The monoisotopic (exact) mass is 390 g/mol. The fourth-order valence-corrected chi connectivity index (χ4v) is 4.79. The number of likely N-dealkylation sites (tertiary alicyclic amines) is 3. The van der Waals surface area contributed by atoms with Crippen LogP contribution in [0.2, 0.25) is 0 Å². The molecule has 9 nitrogen and oxygen atoms in total. The van der Waals surface area contributed by atoms with E-state index in [1.807, 2.05) is 0 Å². The summed E-state index contributed by atoms with van der Waals surface area (Å²) in [6.45, 7) is 6.33. The molecule has 2 amide bonds. The van der Waals surface area contributed by atoms with Gasteiger partial charge in [-0.05, 0) is 45.1 Å². The Kier molecular flexibility index (Phi) is 5.91. The van der Waals surface area contributed by atoms with Crippen molar-refractivity contribution in [1.82, 2.24) is 24.8 Å². The van der Waals surface area contributed by atoms with Gasteiger partial charge in [0.1, 0.15) is 0 Å². The zero-order chi connectivity index (χ0) is 19.5. The summed E-state index contributed by atoms with van der Waals surface area (Å²) >= 11 is 0. The van der Waals surface area contributed by atoms with Gasteiger partial charge in [0, 0.05) is 38.8 Å². The van der Waals surface area contributed by atoms with E-state index in [0.717, 1.165) is 77.8 Å². The highest BCUT2D eigenvalue weighted by Gasteiger charge is 2.34. The zero-order valence-electron chi connectivity index (χ0n) is 16.4. The molecule has 3 aliphatic rings. The van der Waals surface area contributed by atoms with Crippen LogP contribution in [-0.2, 0) is 11.3 Å². The van der Waals surface area contributed by atoms with Crippen LogP contribution in [0.5, 0.6) is 0 Å². The molecule has 9 heteroatoms. The number of nitrogens with zero attached hydrogens (tertiary/aromatic N) is 5. The lowest BCUT2D eigenvalue weighted by atomic mass is 9.93. The maximum atomic E-state index is 12.8. The largest absolute Gasteiger partial charge is 0.363 e. The number of primary amides is 1. The van der Waals surface area contributed by atoms with Gasteiger partial charge in [-0.15, -0.1) is 0 Å². The predicted molar refractivity (Wildman–Crippen MR) is 101 cm³/mol. The number of amides is 2.